The Morgan fingerprint density at radius 2 is 1.62 bits per heavy atom. The SMILES string of the molecule is CC(C)(C)OC(=O)N1C[C@@H]2CN(c3ccccc3)C[C@H]2C1. The Kier molecular flexibility index (Phi) is 3.56. The van der Waals surface area contributed by atoms with Crippen molar-refractivity contribution in [2.45, 2.75) is 26.4 Å². The van der Waals surface area contributed by atoms with Crippen molar-refractivity contribution < 1.29 is 9.53 Å². The maximum atomic E-state index is 12.1. The van der Waals surface area contributed by atoms with E-state index in [1.807, 2.05) is 31.7 Å². The summed E-state index contributed by atoms with van der Waals surface area (Å²) in [5.41, 5.74) is 0.876. The molecule has 4 nitrogen and oxygen atoms in total. The summed E-state index contributed by atoms with van der Waals surface area (Å²) in [4.78, 5) is 16.4. The van der Waals surface area contributed by atoms with Crippen LogP contribution in [0.1, 0.15) is 20.8 Å². The number of amides is 1. The van der Waals surface area contributed by atoms with Gasteiger partial charge in [0.25, 0.3) is 0 Å². The van der Waals surface area contributed by atoms with E-state index >= 15 is 0 Å². The van der Waals surface area contributed by atoms with Crippen LogP contribution in [0.4, 0.5) is 10.5 Å². The van der Waals surface area contributed by atoms with E-state index in [2.05, 4.69) is 29.2 Å². The fourth-order valence-electron chi connectivity index (χ4n) is 3.32. The molecule has 0 aromatic heterocycles. The van der Waals surface area contributed by atoms with E-state index < -0.39 is 5.60 Å². The van der Waals surface area contributed by atoms with Crippen LogP contribution in [0.5, 0.6) is 0 Å². The molecule has 3 rings (SSSR count). The first-order valence-electron chi connectivity index (χ1n) is 7.70. The van der Waals surface area contributed by atoms with Crippen LogP contribution in [-0.4, -0.2) is 42.8 Å². The summed E-state index contributed by atoms with van der Waals surface area (Å²) in [7, 11) is 0. The number of carbonyl (C=O) groups is 1. The molecule has 0 aliphatic carbocycles. The number of carbonyl (C=O) groups excluding carboxylic acids is 1. The molecule has 0 unspecified atom stereocenters. The summed E-state index contributed by atoms with van der Waals surface area (Å²) in [5, 5.41) is 0. The predicted octanol–water partition coefficient (Wildman–Crippen LogP) is 2.99. The quantitative estimate of drug-likeness (QED) is 0.796. The van der Waals surface area contributed by atoms with Crippen LogP contribution in [0.3, 0.4) is 0 Å². The van der Waals surface area contributed by atoms with Crippen molar-refractivity contribution >= 4 is 11.8 Å². The van der Waals surface area contributed by atoms with Crippen molar-refractivity contribution in [3.63, 3.8) is 0 Å². The van der Waals surface area contributed by atoms with E-state index in [1.54, 1.807) is 0 Å². The zero-order valence-corrected chi connectivity index (χ0v) is 13.1. The normalized spacial score (nSPS) is 25.1. The first-order valence-corrected chi connectivity index (χ1v) is 7.70. The van der Waals surface area contributed by atoms with Crippen molar-refractivity contribution in [1.82, 2.24) is 4.90 Å². The fourth-order valence-corrected chi connectivity index (χ4v) is 3.32. The number of hydrogen-bond donors (Lipinski definition) is 0. The van der Waals surface area contributed by atoms with Gasteiger partial charge >= 0.3 is 6.09 Å². The number of hydrogen-bond acceptors (Lipinski definition) is 3. The highest BCUT2D eigenvalue weighted by molar-refractivity contribution is 5.68. The molecule has 114 valence electrons. The zero-order chi connectivity index (χ0) is 15.0. The van der Waals surface area contributed by atoms with Crippen LogP contribution in [0.25, 0.3) is 0 Å². The van der Waals surface area contributed by atoms with E-state index in [-0.39, 0.29) is 6.09 Å². The number of ether oxygens (including phenoxy) is 1. The summed E-state index contributed by atoms with van der Waals surface area (Å²) < 4.78 is 5.47. The maximum Gasteiger partial charge on any atom is 0.410 e. The molecule has 2 aliphatic rings. The Morgan fingerprint density at radius 1 is 1.05 bits per heavy atom. The first-order chi connectivity index (χ1) is 9.92. The summed E-state index contributed by atoms with van der Waals surface area (Å²) in [6, 6.07) is 10.5. The van der Waals surface area contributed by atoms with Crippen molar-refractivity contribution in [1.29, 1.82) is 0 Å². The van der Waals surface area contributed by atoms with E-state index in [4.69, 9.17) is 4.74 Å². The van der Waals surface area contributed by atoms with Gasteiger partial charge in [-0.15, -0.1) is 0 Å². The number of fused-ring (bicyclic) bond motifs is 1. The third kappa shape index (κ3) is 3.14. The van der Waals surface area contributed by atoms with Gasteiger partial charge in [0.2, 0.25) is 0 Å². The van der Waals surface area contributed by atoms with Crippen LogP contribution in [0.2, 0.25) is 0 Å². The molecule has 2 saturated heterocycles. The second-order valence-corrected chi connectivity index (χ2v) is 7.15. The number of nitrogens with zero attached hydrogens (tertiary/aromatic N) is 2. The van der Waals surface area contributed by atoms with Gasteiger partial charge in [-0.3, -0.25) is 0 Å². The zero-order valence-electron chi connectivity index (χ0n) is 13.1. The topological polar surface area (TPSA) is 32.8 Å². The van der Waals surface area contributed by atoms with Gasteiger partial charge in [0.05, 0.1) is 0 Å². The lowest BCUT2D eigenvalue weighted by Crippen LogP contribution is -2.37. The molecule has 2 atom stereocenters. The molecule has 0 spiro atoms. The molecule has 4 heteroatoms. The van der Waals surface area contributed by atoms with Crippen LogP contribution in [-0.2, 0) is 4.74 Å². The van der Waals surface area contributed by atoms with E-state index in [1.165, 1.54) is 5.69 Å². The summed E-state index contributed by atoms with van der Waals surface area (Å²) in [6.07, 6.45) is -0.164. The standard InChI is InChI=1S/C17H24N2O2/c1-17(2,3)21-16(20)19-11-13-9-18(10-14(13)12-19)15-7-5-4-6-8-15/h4-8,13-14H,9-12H2,1-3H3/t13-,14-/m0/s1. The highest BCUT2D eigenvalue weighted by atomic mass is 16.6. The Hall–Kier alpha value is -1.71. The van der Waals surface area contributed by atoms with Crippen molar-refractivity contribution in [2.24, 2.45) is 11.8 Å². The monoisotopic (exact) mass is 288 g/mol. The Balaban J connectivity index is 1.58. The van der Waals surface area contributed by atoms with Gasteiger partial charge in [-0.25, -0.2) is 4.79 Å². The average molecular weight is 288 g/mol. The van der Waals surface area contributed by atoms with Crippen molar-refractivity contribution in [3.8, 4) is 0 Å². The Morgan fingerprint density at radius 3 is 2.14 bits per heavy atom. The second-order valence-electron chi connectivity index (χ2n) is 7.15. The van der Waals surface area contributed by atoms with Crippen LogP contribution in [0.15, 0.2) is 30.3 Å². The molecular formula is C17H24N2O2. The van der Waals surface area contributed by atoms with Crippen molar-refractivity contribution in [3.05, 3.63) is 30.3 Å². The lowest BCUT2D eigenvalue weighted by atomic mass is 10.0. The Labute approximate surface area is 126 Å². The van der Waals surface area contributed by atoms with Gasteiger partial charge in [0, 0.05) is 43.7 Å². The average Bonchev–Trinajstić information content (AvgIpc) is 2.95. The third-order valence-electron chi connectivity index (χ3n) is 4.26. The minimum atomic E-state index is -0.412. The molecular weight excluding hydrogens is 264 g/mol. The highest BCUT2D eigenvalue weighted by Crippen LogP contribution is 2.34. The summed E-state index contributed by atoms with van der Waals surface area (Å²) >= 11 is 0. The number of para-hydroxylation sites is 1. The van der Waals surface area contributed by atoms with E-state index in [0.29, 0.717) is 11.8 Å². The van der Waals surface area contributed by atoms with Gasteiger partial charge in [-0.2, -0.15) is 0 Å². The number of benzene rings is 1. The first kappa shape index (κ1) is 14.2. The molecule has 2 heterocycles. The number of anilines is 1. The Bertz CT molecular complexity index is 495. The third-order valence-corrected chi connectivity index (χ3v) is 4.26. The van der Waals surface area contributed by atoms with Gasteiger partial charge in [0.1, 0.15) is 5.60 Å². The molecule has 2 fully saturated rings. The highest BCUT2D eigenvalue weighted by Gasteiger charge is 2.42. The number of rotatable bonds is 1. The minimum Gasteiger partial charge on any atom is -0.444 e. The largest absolute Gasteiger partial charge is 0.444 e. The summed E-state index contributed by atoms with van der Waals surface area (Å²) in [5.74, 6) is 1.13. The smallest absolute Gasteiger partial charge is 0.410 e. The van der Waals surface area contributed by atoms with Crippen LogP contribution < -0.4 is 4.90 Å². The molecule has 2 aliphatic heterocycles. The molecule has 21 heavy (non-hydrogen) atoms. The van der Waals surface area contributed by atoms with Gasteiger partial charge in [-0.1, -0.05) is 18.2 Å². The van der Waals surface area contributed by atoms with E-state index in [9.17, 15) is 4.79 Å². The summed E-state index contributed by atoms with van der Waals surface area (Å²) in [6.45, 7) is 9.46. The van der Waals surface area contributed by atoms with Crippen LogP contribution >= 0.6 is 0 Å². The second kappa shape index (κ2) is 5.24. The predicted molar refractivity (Wildman–Crippen MR) is 83.4 cm³/mol. The van der Waals surface area contributed by atoms with Gasteiger partial charge in [0.15, 0.2) is 0 Å². The molecule has 1 aromatic rings. The van der Waals surface area contributed by atoms with Crippen molar-refractivity contribution in [2.75, 3.05) is 31.1 Å². The lowest BCUT2D eigenvalue weighted by molar-refractivity contribution is 0.0282. The number of likely N-dealkylation sites (tertiary alicyclic amines) is 1. The van der Waals surface area contributed by atoms with E-state index in [0.717, 1.165) is 26.2 Å². The van der Waals surface area contributed by atoms with Gasteiger partial charge < -0.3 is 14.5 Å². The maximum absolute atomic E-state index is 12.1. The van der Waals surface area contributed by atoms with Crippen LogP contribution in [0, 0.1) is 11.8 Å². The molecule has 0 radical (unpaired) electrons. The molecule has 1 amide bonds. The minimum absolute atomic E-state index is 0.164. The lowest BCUT2D eigenvalue weighted by Gasteiger charge is -2.26. The molecule has 0 saturated carbocycles. The molecule has 1 aromatic carbocycles. The fraction of sp³-hybridized carbons (Fsp3) is 0.588. The molecule has 0 bridgehead atoms. The van der Waals surface area contributed by atoms with Gasteiger partial charge in [-0.05, 0) is 32.9 Å². The molecule has 0 N–H and O–H groups in total.